The molecule has 0 amide bonds. The summed E-state index contributed by atoms with van der Waals surface area (Å²) in [6.07, 6.45) is 1.82. The van der Waals surface area contributed by atoms with Gasteiger partial charge in [-0.2, -0.15) is 0 Å². The van der Waals surface area contributed by atoms with Gasteiger partial charge in [0.15, 0.2) is 0 Å². The van der Waals surface area contributed by atoms with E-state index < -0.39 is 11.5 Å². The molecule has 0 heterocycles. The van der Waals surface area contributed by atoms with E-state index in [1.165, 1.54) is 13.2 Å². The molecular weight excluding hydrogens is 190 g/mol. The first-order chi connectivity index (χ1) is 7.12. The van der Waals surface area contributed by atoms with Crippen LogP contribution in [0.1, 0.15) is 5.56 Å². The fraction of sp³-hybridized carbons (Fsp3) is 0.250. The molecule has 0 aliphatic rings. The Labute approximate surface area is 89.5 Å². The third-order valence-corrected chi connectivity index (χ3v) is 2.27. The monoisotopic (exact) mass is 205 g/mol. The predicted molar refractivity (Wildman–Crippen MR) is 59.3 cm³/mol. The molecule has 0 bridgehead atoms. The van der Waals surface area contributed by atoms with E-state index in [1.807, 2.05) is 30.3 Å². The van der Waals surface area contributed by atoms with Crippen molar-refractivity contribution in [1.29, 1.82) is 0 Å². The van der Waals surface area contributed by atoms with E-state index in [9.17, 15) is 4.79 Å². The van der Waals surface area contributed by atoms with Crippen molar-refractivity contribution < 1.29 is 9.53 Å². The van der Waals surface area contributed by atoms with Crippen LogP contribution in [0.4, 0.5) is 0 Å². The predicted octanol–water partition coefficient (Wildman–Crippen LogP) is 1.29. The van der Waals surface area contributed by atoms with E-state index in [2.05, 4.69) is 11.3 Å². The SMILES string of the molecule is C=C[C@](N)(Cc1ccccc1)C(=O)OC. The maximum Gasteiger partial charge on any atom is 0.330 e. The van der Waals surface area contributed by atoms with Gasteiger partial charge < -0.3 is 10.5 Å². The average Bonchev–Trinajstić information content (AvgIpc) is 2.29. The second kappa shape index (κ2) is 4.75. The van der Waals surface area contributed by atoms with Crippen LogP contribution in [0.2, 0.25) is 0 Å². The van der Waals surface area contributed by atoms with Crippen LogP contribution in [0, 0.1) is 0 Å². The molecule has 0 radical (unpaired) electrons. The van der Waals surface area contributed by atoms with E-state index in [0.717, 1.165) is 5.56 Å². The minimum Gasteiger partial charge on any atom is -0.467 e. The summed E-state index contributed by atoms with van der Waals surface area (Å²) in [6.45, 7) is 3.57. The van der Waals surface area contributed by atoms with Gasteiger partial charge in [-0.05, 0) is 5.56 Å². The van der Waals surface area contributed by atoms with Crippen LogP contribution in [0.25, 0.3) is 0 Å². The molecule has 3 heteroatoms. The van der Waals surface area contributed by atoms with Gasteiger partial charge in [0.25, 0.3) is 0 Å². The fourth-order valence-corrected chi connectivity index (χ4v) is 1.35. The van der Waals surface area contributed by atoms with Crippen LogP contribution >= 0.6 is 0 Å². The first-order valence-corrected chi connectivity index (χ1v) is 4.67. The van der Waals surface area contributed by atoms with Gasteiger partial charge in [0.2, 0.25) is 0 Å². The third-order valence-electron chi connectivity index (χ3n) is 2.27. The van der Waals surface area contributed by atoms with E-state index in [1.54, 1.807) is 0 Å². The second-order valence-corrected chi connectivity index (χ2v) is 3.40. The molecule has 1 aromatic rings. The van der Waals surface area contributed by atoms with E-state index in [0.29, 0.717) is 6.42 Å². The molecule has 0 aliphatic carbocycles. The first-order valence-electron chi connectivity index (χ1n) is 4.67. The zero-order valence-corrected chi connectivity index (χ0v) is 8.77. The van der Waals surface area contributed by atoms with Gasteiger partial charge in [0.1, 0.15) is 5.54 Å². The maximum absolute atomic E-state index is 11.5. The van der Waals surface area contributed by atoms with Crippen molar-refractivity contribution >= 4 is 5.97 Å². The van der Waals surface area contributed by atoms with Crippen LogP contribution in [-0.4, -0.2) is 18.6 Å². The van der Waals surface area contributed by atoms with Gasteiger partial charge in [-0.15, -0.1) is 6.58 Å². The molecule has 1 aromatic carbocycles. The minimum atomic E-state index is -1.14. The molecule has 15 heavy (non-hydrogen) atoms. The summed E-state index contributed by atoms with van der Waals surface area (Å²) in [4.78, 5) is 11.5. The molecule has 2 N–H and O–H groups in total. The summed E-state index contributed by atoms with van der Waals surface area (Å²) in [5, 5.41) is 0. The molecule has 0 saturated carbocycles. The Balaban J connectivity index is 2.86. The number of carbonyl (C=O) groups excluding carboxylic acids is 1. The lowest BCUT2D eigenvalue weighted by Gasteiger charge is -2.22. The molecule has 0 fully saturated rings. The minimum absolute atomic E-state index is 0.393. The Morgan fingerprint density at radius 1 is 1.53 bits per heavy atom. The van der Waals surface area contributed by atoms with Crippen molar-refractivity contribution in [2.24, 2.45) is 5.73 Å². The van der Waals surface area contributed by atoms with E-state index in [4.69, 9.17) is 5.73 Å². The number of benzene rings is 1. The van der Waals surface area contributed by atoms with Crippen molar-refractivity contribution in [3.63, 3.8) is 0 Å². The van der Waals surface area contributed by atoms with Gasteiger partial charge in [0, 0.05) is 6.42 Å². The fourth-order valence-electron chi connectivity index (χ4n) is 1.35. The van der Waals surface area contributed by atoms with Crippen molar-refractivity contribution in [3.05, 3.63) is 48.6 Å². The highest BCUT2D eigenvalue weighted by Crippen LogP contribution is 2.13. The highest BCUT2D eigenvalue weighted by molar-refractivity contribution is 5.83. The van der Waals surface area contributed by atoms with E-state index in [-0.39, 0.29) is 0 Å². The lowest BCUT2D eigenvalue weighted by molar-refractivity contribution is -0.145. The molecular formula is C12H15NO2. The van der Waals surface area contributed by atoms with Crippen molar-refractivity contribution in [2.45, 2.75) is 12.0 Å². The highest BCUT2D eigenvalue weighted by atomic mass is 16.5. The van der Waals surface area contributed by atoms with Gasteiger partial charge in [0.05, 0.1) is 7.11 Å². The van der Waals surface area contributed by atoms with Crippen molar-refractivity contribution in [3.8, 4) is 0 Å². The molecule has 1 atom stereocenters. The normalized spacial score (nSPS) is 14.0. The Morgan fingerprint density at radius 2 is 2.13 bits per heavy atom. The Morgan fingerprint density at radius 3 is 2.60 bits per heavy atom. The first kappa shape index (κ1) is 11.5. The van der Waals surface area contributed by atoms with Crippen LogP contribution in [0.3, 0.4) is 0 Å². The molecule has 0 aliphatic heterocycles. The smallest absolute Gasteiger partial charge is 0.330 e. The van der Waals surface area contributed by atoms with Crippen molar-refractivity contribution in [2.75, 3.05) is 7.11 Å². The van der Waals surface area contributed by atoms with E-state index >= 15 is 0 Å². The lowest BCUT2D eigenvalue weighted by Crippen LogP contribution is -2.48. The summed E-state index contributed by atoms with van der Waals surface area (Å²) in [7, 11) is 1.32. The second-order valence-electron chi connectivity index (χ2n) is 3.40. The summed E-state index contributed by atoms with van der Waals surface area (Å²) in [6, 6.07) is 9.53. The van der Waals surface area contributed by atoms with Crippen LogP contribution in [-0.2, 0) is 16.0 Å². The van der Waals surface area contributed by atoms with Gasteiger partial charge in [-0.3, -0.25) is 0 Å². The van der Waals surface area contributed by atoms with Gasteiger partial charge in [-0.25, -0.2) is 4.79 Å². The number of methoxy groups -OCH3 is 1. The Bertz CT molecular complexity index is 348. The van der Waals surface area contributed by atoms with Gasteiger partial charge in [-0.1, -0.05) is 36.4 Å². The molecule has 80 valence electrons. The summed E-state index contributed by atoms with van der Waals surface area (Å²) < 4.78 is 4.64. The molecule has 1 rings (SSSR count). The number of ether oxygens (including phenoxy) is 1. The molecule has 0 aromatic heterocycles. The van der Waals surface area contributed by atoms with Crippen LogP contribution in [0.15, 0.2) is 43.0 Å². The molecule has 3 nitrogen and oxygen atoms in total. The summed E-state index contributed by atoms with van der Waals surface area (Å²) >= 11 is 0. The number of nitrogens with two attached hydrogens (primary N) is 1. The van der Waals surface area contributed by atoms with Crippen molar-refractivity contribution in [1.82, 2.24) is 0 Å². The standard InChI is InChI=1S/C12H15NO2/c1-3-12(13,11(14)15-2)9-10-7-5-4-6-8-10/h3-8H,1,9,13H2,2H3/t12-/m0/s1. The number of hydrogen-bond donors (Lipinski definition) is 1. The zero-order valence-electron chi connectivity index (χ0n) is 8.77. The maximum atomic E-state index is 11.5. The molecule has 0 spiro atoms. The number of carbonyl (C=O) groups is 1. The van der Waals surface area contributed by atoms with Crippen LogP contribution < -0.4 is 5.73 Å². The zero-order chi connectivity index (χ0) is 11.3. The quantitative estimate of drug-likeness (QED) is 0.595. The Hall–Kier alpha value is -1.61. The summed E-state index contributed by atoms with van der Waals surface area (Å²) in [5.74, 6) is -0.471. The number of esters is 1. The lowest BCUT2D eigenvalue weighted by atomic mass is 9.92. The summed E-state index contributed by atoms with van der Waals surface area (Å²) in [5.41, 5.74) is 5.73. The highest BCUT2D eigenvalue weighted by Gasteiger charge is 2.31. The third kappa shape index (κ3) is 2.67. The molecule has 0 saturated heterocycles. The average molecular weight is 205 g/mol. The van der Waals surface area contributed by atoms with Crippen LogP contribution in [0.5, 0.6) is 0 Å². The number of rotatable bonds is 4. The number of hydrogen-bond acceptors (Lipinski definition) is 3. The van der Waals surface area contributed by atoms with Gasteiger partial charge >= 0.3 is 5.97 Å². The Kier molecular flexibility index (Phi) is 3.63. The largest absolute Gasteiger partial charge is 0.467 e. The molecule has 0 unspecified atom stereocenters. The topological polar surface area (TPSA) is 52.3 Å².